The Morgan fingerprint density at radius 3 is 2.62 bits per heavy atom. The first-order chi connectivity index (χ1) is 10.1. The van der Waals surface area contributed by atoms with Gasteiger partial charge in [0, 0.05) is 18.6 Å². The topological polar surface area (TPSA) is 32.7 Å². The summed E-state index contributed by atoms with van der Waals surface area (Å²) in [7, 11) is 0. The van der Waals surface area contributed by atoms with E-state index in [0.29, 0.717) is 0 Å². The molecule has 1 fully saturated rings. The fourth-order valence-corrected chi connectivity index (χ4v) is 3.23. The van der Waals surface area contributed by atoms with Crippen LogP contribution in [0.5, 0.6) is 0 Å². The zero-order valence-electron chi connectivity index (χ0n) is 13.6. The fourth-order valence-electron chi connectivity index (χ4n) is 3.23. The number of morpholine rings is 1. The summed E-state index contributed by atoms with van der Waals surface area (Å²) in [6.45, 7) is 9.85. The second-order valence-corrected chi connectivity index (χ2v) is 6.21. The van der Waals surface area contributed by atoms with Gasteiger partial charge in [-0.1, -0.05) is 44.5 Å². The van der Waals surface area contributed by atoms with Crippen LogP contribution in [-0.2, 0) is 11.2 Å². The lowest BCUT2D eigenvalue weighted by molar-refractivity contribution is -0.0734. The van der Waals surface area contributed by atoms with Crippen molar-refractivity contribution in [2.24, 2.45) is 0 Å². The average molecular weight is 291 g/mol. The maximum Gasteiger partial charge on any atom is 0.0970 e. The third-order valence-electron chi connectivity index (χ3n) is 4.84. The molecule has 1 heterocycles. The van der Waals surface area contributed by atoms with Gasteiger partial charge in [0.05, 0.1) is 19.3 Å². The molecule has 3 nitrogen and oxygen atoms in total. The van der Waals surface area contributed by atoms with Crippen molar-refractivity contribution in [3.05, 3.63) is 35.4 Å². The van der Waals surface area contributed by atoms with Gasteiger partial charge in [0.15, 0.2) is 0 Å². The van der Waals surface area contributed by atoms with Crippen molar-refractivity contribution in [3.8, 4) is 0 Å². The first-order valence-electron chi connectivity index (χ1n) is 8.21. The highest BCUT2D eigenvalue weighted by Gasteiger charge is 2.38. The minimum atomic E-state index is -0.461. The monoisotopic (exact) mass is 291 g/mol. The molecular weight excluding hydrogens is 262 g/mol. The third-order valence-corrected chi connectivity index (χ3v) is 4.84. The van der Waals surface area contributed by atoms with Gasteiger partial charge >= 0.3 is 0 Å². The van der Waals surface area contributed by atoms with Crippen LogP contribution in [0.4, 0.5) is 0 Å². The summed E-state index contributed by atoms with van der Waals surface area (Å²) in [6.07, 6.45) is 2.67. The van der Waals surface area contributed by atoms with Gasteiger partial charge in [0.2, 0.25) is 0 Å². The van der Waals surface area contributed by atoms with Crippen LogP contribution in [0.3, 0.4) is 0 Å². The zero-order chi connectivity index (χ0) is 15.3. The minimum absolute atomic E-state index is 0.228. The molecule has 2 atom stereocenters. The van der Waals surface area contributed by atoms with Gasteiger partial charge in [-0.15, -0.1) is 0 Å². The van der Waals surface area contributed by atoms with Crippen LogP contribution in [0.15, 0.2) is 24.3 Å². The lowest BCUT2D eigenvalue weighted by atomic mass is 9.84. The molecule has 0 spiro atoms. The predicted octanol–water partition coefficient (Wildman–Crippen LogP) is 3.17. The van der Waals surface area contributed by atoms with Gasteiger partial charge < -0.3 is 9.84 Å². The Morgan fingerprint density at radius 2 is 2.00 bits per heavy atom. The summed E-state index contributed by atoms with van der Waals surface area (Å²) >= 11 is 0. The molecule has 21 heavy (non-hydrogen) atoms. The van der Waals surface area contributed by atoms with Crippen molar-refractivity contribution in [1.82, 2.24) is 4.90 Å². The second-order valence-electron chi connectivity index (χ2n) is 6.21. The van der Waals surface area contributed by atoms with Crippen molar-refractivity contribution in [2.75, 3.05) is 26.3 Å². The Morgan fingerprint density at radius 1 is 1.29 bits per heavy atom. The number of nitrogens with zero attached hydrogens (tertiary/aromatic N) is 1. The molecule has 0 bridgehead atoms. The second kappa shape index (κ2) is 7.39. The fraction of sp³-hybridized carbons (Fsp3) is 0.667. The molecule has 3 heteroatoms. The summed E-state index contributed by atoms with van der Waals surface area (Å²) in [5.74, 6) is 0. The van der Waals surface area contributed by atoms with E-state index in [4.69, 9.17) is 4.74 Å². The molecule has 0 saturated carbocycles. The summed E-state index contributed by atoms with van der Waals surface area (Å²) in [4.78, 5) is 2.38. The van der Waals surface area contributed by atoms with Gasteiger partial charge in [-0.2, -0.15) is 0 Å². The summed E-state index contributed by atoms with van der Waals surface area (Å²) < 4.78 is 5.45. The van der Waals surface area contributed by atoms with E-state index in [1.165, 1.54) is 5.56 Å². The normalized spacial score (nSPS) is 21.0. The van der Waals surface area contributed by atoms with E-state index in [-0.39, 0.29) is 5.54 Å². The van der Waals surface area contributed by atoms with E-state index in [1.54, 1.807) is 0 Å². The predicted molar refractivity (Wildman–Crippen MR) is 86.5 cm³/mol. The van der Waals surface area contributed by atoms with E-state index in [9.17, 15) is 5.11 Å². The summed E-state index contributed by atoms with van der Waals surface area (Å²) in [6, 6.07) is 8.44. The Kier molecular flexibility index (Phi) is 5.80. The quantitative estimate of drug-likeness (QED) is 0.874. The SMILES string of the molecule is CCCc1cccc(C(O)C(C)(CC)N2CCOCC2)c1. The average Bonchev–Trinajstić information content (AvgIpc) is 2.55. The highest BCUT2D eigenvalue weighted by Crippen LogP contribution is 2.35. The molecule has 1 N–H and O–H groups in total. The first kappa shape index (κ1) is 16.5. The van der Waals surface area contributed by atoms with Crippen LogP contribution < -0.4 is 0 Å². The number of hydrogen-bond acceptors (Lipinski definition) is 3. The van der Waals surface area contributed by atoms with Crippen molar-refractivity contribution in [2.45, 2.75) is 51.7 Å². The molecule has 1 aliphatic heterocycles. The van der Waals surface area contributed by atoms with Crippen molar-refractivity contribution in [3.63, 3.8) is 0 Å². The number of rotatable bonds is 6. The molecule has 0 aromatic heterocycles. The molecule has 1 aromatic carbocycles. The molecule has 1 aliphatic rings. The van der Waals surface area contributed by atoms with Crippen molar-refractivity contribution < 1.29 is 9.84 Å². The maximum absolute atomic E-state index is 11.0. The van der Waals surface area contributed by atoms with E-state index in [0.717, 1.165) is 51.1 Å². The molecule has 2 unspecified atom stereocenters. The largest absolute Gasteiger partial charge is 0.386 e. The van der Waals surface area contributed by atoms with Crippen LogP contribution in [0.25, 0.3) is 0 Å². The Bertz CT molecular complexity index is 443. The van der Waals surface area contributed by atoms with Gasteiger partial charge in [-0.3, -0.25) is 4.90 Å². The van der Waals surface area contributed by atoms with Crippen LogP contribution in [0, 0.1) is 0 Å². The number of ether oxygens (including phenoxy) is 1. The smallest absolute Gasteiger partial charge is 0.0970 e. The maximum atomic E-state index is 11.0. The van der Waals surface area contributed by atoms with E-state index >= 15 is 0 Å². The molecule has 1 saturated heterocycles. The number of aliphatic hydroxyl groups is 1. The van der Waals surface area contributed by atoms with E-state index in [1.807, 2.05) is 0 Å². The van der Waals surface area contributed by atoms with E-state index < -0.39 is 6.10 Å². The first-order valence-corrected chi connectivity index (χ1v) is 8.21. The van der Waals surface area contributed by atoms with Crippen LogP contribution in [0.2, 0.25) is 0 Å². The molecule has 0 radical (unpaired) electrons. The molecular formula is C18H29NO2. The Balaban J connectivity index is 2.21. The number of aryl methyl sites for hydroxylation is 1. The molecule has 0 aliphatic carbocycles. The number of benzene rings is 1. The van der Waals surface area contributed by atoms with Crippen molar-refractivity contribution >= 4 is 0 Å². The summed E-state index contributed by atoms with van der Waals surface area (Å²) in [5.41, 5.74) is 2.13. The minimum Gasteiger partial charge on any atom is -0.386 e. The highest BCUT2D eigenvalue weighted by atomic mass is 16.5. The van der Waals surface area contributed by atoms with Gasteiger partial charge in [-0.25, -0.2) is 0 Å². The Hall–Kier alpha value is -0.900. The van der Waals surface area contributed by atoms with Gasteiger partial charge in [0.1, 0.15) is 0 Å². The number of aliphatic hydroxyl groups excluding tert-OH is 1. The molecule has 1 aromatic rings. The molecule has 2 rings (SSSR count). The lowest BCUT2D eigenvalue weighted by Crippen LogP contribution is -2.54. The summed E-state index contributed by atoms with van der Waals surface area (Å²) in [5, 5.41) is 11.0. The standard InChI is InChI=1S/C18H29NO2/c1-4-7-15-8-6-9-16(14-15)17(20)18(3,5-2)19-10-12-21-13-11-19/h6,8-9,14,17,20H,4-5,7,10-13H2,1-3H3. The van der Waals surface area contributed by atoms with Crippen LogP contribution in [-0.4, -0.2) is 41.8 Å². The van der Waals surface area contributed by atoms with Crippen LogP contribution >= 0.6 is 0 Å². The Labute approximate surface area is 128 Å². The zero-order valence-corrected chi connectivity index (χ0v) is 13.6. The van der Waals surface area contributed by atoms with Gasteiger partial charge in [-0.05, 0) is 30.9 Å². The van der Waals surface area contributed by atoms with Crippen LogP contribution in [0.1, 0.15) is 50.8 Å². The van der Waals surface area contributed by atoms with Gasteiger partial charge in [0.25, 0.3) is 0 Å². The molecule has 118 valence electrons. The molecule has 0 amide bonds. The third kappa shape index (κ3) is 3.65. The number of hydrogen-bond donors (Lipinski definition) is 1. The lowest BCUT2D eigenvalue weighted by Gasteiger charge is -2.46. The van der Waals surface area contributed by atoms with Crippen molar-refractivity contribution in [1.29, 1.82) is 0 Å². The van der Waals surface area contributed by atoms with E-state index in [2.05, 4.69) is 49.9 Å². The highest BCUT2D eigenvalue weighted by molar-refractivity contribution is 5.27.